The average Bonchev–Trinajstić information content (AvgIpc) is 3.01. The summed E-state index contributed by atoms with van der Waals surface area (Å²) < 4.78 is 0. The Kier molecular flexibility index (Phi) is 7.83. The second-order valence-electron chi connectivity index (χ2n) is 6.62. The summed E-state index contributed by atoms with van der Waals surface area (Å²) in [6, 6.07) is 0. The Bertz CT molecular complexity index is 525. The number of amides is 1. The molecule has 0 aromatic rings. The first kappa shape index (κ1) is 18.5. The highest BCUT2D eigenvalue weighted by Gasteiger charge is 2.13. The zero-order valence-electron chi connectivity index (χ0n) is 14.9. The lowest BCUT2D eigenvalue weighted by Crippen LogP contribution is -2.34. The standard InChI is InChI=1S/C20H31N3O/c1-3-4-8-18(15-19-10-9-17(2)22-19)16-21-20(24)11-14-23-12-6-5-7-13-23/h3-4,8,10,22H,2,5-7,9,11-16H2,1H3,(H,21,24)/b4-3-,18-8+. The predicted octanol–water partition coefficient (Wildman–Crippen LogP) is 3.26. The fourth-order valence-corrected chi connectivity index (χ4v) is 3.09. The normalized spacial score (nSPS) is 19.5. The van der Waals surface area contributed by atoms with Crippen LogP contribution in [0, 0.1) is 0 Å². The Hall–Kier alpha value is -1.81. The Morgan fingerprint density at radius 2 is 2.17 bits per heavy atom. The van der Waals surface area contributed by atoms with Crippen LogP contribution < -0.4 is 10.6 Å². The van der Waals surface area contributed by atoms with Crippen LogP contribution in [-0.2, 0) is 4.79 Å². The summed E-state index contributed by atoms with van der Waals surface area (Å²) in [5, 5.41) is 6.37. The number of hydrogen-bond donors (Lipinski definition) is 2. The fourth-order valence-electron chi connectivity index (χ4n) is 3.09. The third kappa shape index (κ3) is 6.75. The molecule has 0 unspecified atom stereocenters. The highest BCUT2D eigenvalue weighted by Crippen LogP contribution is 2.17. The summed E-state index contributed by atoms with van der Waals surface area (Å²) in [5.41, 5.74) is 3.42. The summed E-state index contributed by atoms with van der Waals surface area (Å²) in [6.07, 6.45) is 14.5. The molecule has 4 heteroatoms. The minimum atomic E-state index is 0.143. The van der Waals surface area contributed by atoms with Gasteiger partial charge < -0.3 is 15.5 Å². The monoisotopic (exact) mass is 329 g/mol. The van der Waals surface area contributed by atoms with Crippen LogP contribution in [0.15, 0.2) is 47.9 Å². The molecule has 0 atom stereocenters. The van der Waals surface area contributed by atoms with E-state index in [9.17, 15) is 4.79 Å². The molecule has 132 valence electrons. The van der Waals surface area contributed by atoms with Crippen LogP contribution in [-0.4, -0.2) is 37.0 Å². The first-order valence-corrected chi connectivity index (χ1v) is 9.11. The van der Waals surface area contributed by atoms with Gasteiger partial charge in [-0.05, 0) is 38.4 Å². The van der Waals surface area contributed by atoms with E-state index >= 15 is 0 Å². The van der Waals surface area contributed by atoms with Gasteiger partial charge in [0.2, 0.25) is 5.91 Å². The van der Waals surface area contributed by atoms with Gasteiger partial charge in [0.25, 0.3) is 0 Å². The number of piperidine rings is 1. The highest BCUT2D eigenvalue weighted by molar-refractivity contribution is 5.76. The van der Waals surface area contributed by atoms with Gasteiger partial charge in [0.05, 0.1) is 0 Å². The third-order valence-corrected chi connectivity index (χ3v) is 4.49. The Morgan fingerprint density at radius 3 is 2.83 bits per heavy atom. The fraction of sp³-hybridized carbons (Fsp3) is 0.550. The molecule has 1 fully saturated rings. The van der Waals surface area contributed by atoms with Crippen molar-refractivity contribution in [1.82, 2.24) is 15.5 Å². The lowest BCUT2D eigenvalue weighted by atomic mass is 10.1. The van der Waals surface area contributed by atoms with E-state index in [0.29, 0.717) is 13.0 Å². The molecule has 2 aliphatic heterocycles. The van der Waals surface area contributed by atoms with Gasteiger partial charge in [0.1, 0.15) is 0 Å². The molecule has 4 nitrogen and oxygen atoms in total. The first-order chi connectivity index (χ1) is 11.7. The zero-order chi connectivity index (χ0) is 17.2. The zero-order valence-corrected chi connectivity index (χ0v) is 14.9. The molecule has 0 saturated carbocycles. The van der Waals surface area contributed by atoms with Crippen LogP contribution in [0.3, 0.4) is 0 Å². The summed E-state index contributed by atoms with van der Waals surface area (Å²) in [5.74, 6) is 0.143. The molecule has 0 aliphatic carbocycles. The Balaban J connectivity index is 1.74. The van der Waals surface area contributed by atoms with E-state index in [2.05, 4.69) is 34.3 Å². The molecule has 0 aromatic carbocycles. The van der Waals surface area contributed by atoms with Crippen molar-refractivity contribution in [1.29, 1.82) is 0 Å². The van der Waals surface area contributed by atoms with Crippen LogP contribution in [0.25, 0.3) is 0 Å². The first-order valence-electron chi connectivity index (χ1n) is 9.11. The smallest absolute Gasteiger partial charge is 0.221 e. The maximum atomic E-state index is 12.1. The van der Waals surface area contributed by atoms with E-state index in [4.69, 9.17) is 0 Å². The molecule has 0 aromatic heterocycles. The molecule has 0 bridgehead atoms. The number of nitrogens with zero attached hydrogens (tertiary/aromatic N) is 1. The quantitative estimate of drug-likeness (QED) is 0.672. The molecule has 1 saturated heterocycles. The van der Waals surface area contributed by atoms with Gasteiger partial charge in [-0.1, -0.05) is 37.3 Å². The van der Waals surface area contributed by atoms with Crippen molar-refractivity contribution in [3.05, 3.63) is 47.9 Å². The van der Waals surface area contributed by atoms with E-state index in [1.54, 1.807) is 0 Å². The summed E-state index contributed by atoms with van der Waals surface area (Å²) in [7, 11) is 0. The number of rotatable bonds is 8. The number of likely N-dealkylation sites (tertiary alicyclic amines) is 1. The van der Waals surface area contributed by atoms with Gasteiger partial charge in [0, 0.05) is 43.7 Å². The number of hydrogen-bond acceptors (Lipinski definition) is 3. The molecule has 0 spiro atoms. The largest absolute Gasteiger partial charge is 0.362 e. The number of carbonyl (C=O) groups excluding carboxylic acids is 1. The van der Waals surface area contributed by atoms with E-state index in [1.165, 1.54) is 30.5 Å². The highest BCUT2D eigenvalue weighted by atomic mass is 16.1. The molecule has 1 amide bonds. The molecule has 24 heavy (non-hydrogen) atoms. The molecule has 2 aliphatic rings. The Labute approximate surface area is 146 Å². The van der Waals surface area contributed by atoms with Crippen molar-refractivity contribution in [2.75, 3.05) is 26.2 Å². The molecule has 0 radical (unpaired) electrons. The third-order valence-electron chi connectivity index (χ3n) is 4.49. The van der Waals surface area contributed by atoms with Crippen molar-refractivity contribution in [2.24, 2.45) is 0 Å². The van der Waals surface area contributed by atoms with Gasteiger partial charge in [0.15, 0.2) is 0 Å². The van der Waals surface area contributed by atoms with Crippen molar-refractivity contribution in [3.8, 4) is 0 Å². The van der Waals surface area contributed by atoms with Crippen LogP contribution in [0.1, 0.15) is 45.4 Å². The van der Waals surface area contributed by atoms with Gasteiger partial charge in [-0.15, -0.1) is 0 Å². The van der Waals surface area contributed by atoms with E-state index in [1.807, 2.05) is 19.1 Å². The molecule has 2 heterocycles. The topological polar surface area (TPSA) is 44.4 Å². The van der Waals surface area contributed by atoms with Gasteiger partial charge >= 0.3 is 0 Å². The second-order valence-corrected chi connectivity index (χ2v) is 6.62. The second kappa shape index (κ2) is 10.1. The SMILES string of the molecule is C=C1CC=C(C/C(=C\C=C/C)CNC(=O)CCN2CCCCC2)N1. The van der Waals surface area contributed by atoms with Crippen molar-refractivity contribution in [2.45, 2.75) is 45.4 Å². The number of allylic oxidation sites excluding steroid dienone is 5. The maximum absolute atomic E-state index is 12.1. The van der Waals surface area contributed by atoms with Crippen LogP contribution >= 0.6 is 0 Å². The molecule has 2 rings (SSSR count). The van der Waals surface area contributed by atoms with Crippen LogP contribution in [0.5, 0.6) is 0 Å². The van der Waals surface area contributed by atoms with Gasteiger partial charge in [-0.25, -0.2) is 0 Å². The number of carbonyl (C=O) groups is 1. The van der Waals surface area contributed by atoms with E-state index in [-0.39, 0.29) is 5.91 Å². The minimum absolute atomic E-state index is 0.143. The molecular weight excluding hydrogens is 298 g/mol. The lowest BCUT2D eigenvalue weighted by Gasteiger charge is -2.26. The minimum Gasteiger partial charge on any atom is -0.362 e. The summed E-state index contributed by atoms with van der Waals surface area (Å²) in [6.45, 7) is 9.72. The number of nitrogens with one attached hydrogen (secondary N) is 2. The lowest BCUT2D eigenvalue weighted by molar-refractivity contribution is -0.121. The maximum Gasteiger partial charge on any atom is 0.221 e. The van der Waals surface area contributed by atoms with Crippen molar-refractivity contribution in [3.63, 3.8) is 0 Å². The van der Waals surface area contributed by atoms with E-state index < -0.39 is 0 Å². The van der Waals surface area contributed by atoms with Gasteiger partial charge in [-0.3, -0.25) is 4.79 Å². The average molecular weight is 329 g/mol. The molecular formula is C20H31N3O. The van der Waals surface area contributed by atoms with Crippen molar-refractivity contribution < 1.29 is 4.79 Å². The van der Waals surface area contributed by atoms with Crippen LogP contribution in [0.4, 0.5) is 0 Å². The van der Waals surface area contributed by atoms with Crippen molar-refractivity contribution >= 4 is 5.91 Å². The summed E-state index contributed by atoms with van der Waals surface area (Å²) in [4.78, 5) is 14.5. The van der Waals surface area contributed by atoms with Crippen LogP contribution in [0.2, 0.25) is 0 Å². The predicted molar refractivity (Wildman–Crippen MR) is 100 cm³/mol. The van der Waals surface area contributed by atoms with Gasteiger partial charge in [-0.2, -0.15) is 0 Å². The van der Waals surface area contributed by atoms with E-state index in [0.717, 1.165) is 38.2 Å². The summed E-state index contributed by atoms with van der Waals surface area (Å²) >= 11 is 0. The Morgan fingerprint density at radius 1 is 1.38 bits per heavy atom. The molecule has 2 N–H and O–H groups in total.